The molecule has 0 radical (unpaired) electrons. The molecule has 5 nitrogen and oxygen atoms in total. The molecule has 0 saturated carbocycles. The molecule has 0 spiro atoms. The van der Waals surface area contributed by atoms with E-state index in [9.17, 15) is 9.59 Å². The van der Waals surface area contributed by atoms with Gasteiger partial charge in [-0.3, -0.25) is 4.79 Å². The number of hydrogen-bond donors (Lipinski definition) is 2. The Balaban J connectivity index is 2.22. The number of nitrogens with zero attached hydrogens (tertiary/aromatic N) is 1. The fourth-order valence-electron chi connectivity index (χ4n) is 1.48. The summed E-state index contributed by atoms with van der Waals surface area (Å²) in [6.07, 6.45) is 1.52. The number of carbonyl (C=O) groups excluding carboxylic acids is 1. The smallest absolute Gasteiger partial charge is 0.346 e. The molecular formula is C12H9BrN2O3S. The van der Waals surface area contributed by atoms with Crippen LogP contribution in [0.2, 0.25) is 0 Å². The topological polar surface area (TPSA) is 79.3 Å². The predicted molar refractivity (Wildman–Crippen MR) is 75.9 cm³/mol. The van der Waals surface area contributed by atoms with Gasteiger partial charge >= 0.3 is 5.97 Å². The van der Waals surface area contributed by atoms with E-state index in [2.05, 4.69) is 26.2 Å². The zero-order valence-corrected chi connectivity index (χ0v) is 12.2. The van der Waals surface area contributed by atoms with Crippen molar-refractivity contribution < 1.29 is 14.7 Å². The van der Waals surface area contributed by atoms with Crippen LogP contribution in [0.5, 0.6) is 0 Å². The second kappa shape index (κ2) is 5.50. The first-order valence-electron chi connectivity index (χ1n) is 5.24. The lowest BCUT2D eigenvalue weighted by atomic mass is 10.3. The zero-order valence-electron chi connectivity index (χ0n) is 9.81. The van der Waals surface area contributed by atoms with Crippen LogP contribution in [0.3, 0.4) is 0 Å². The van der Waals surface area contributed by atoms with Gasteiger partial charge in [-0.2, -0.15) is 0 Å². The molecule has 7 heteroatoms. The summed E-state index contributed by atoms with van der Waals surface area (Å²) in [5.41, 5.74) is 0.873. The number of aromatic carboxylic acids is 1. The highest BCUT2D eigenvalue weighted by Gasteiger charge is 2.16. The largest absolute Gasteiger partial charge is 0.477 e. The number of pyridine rings is 1. The number of amides is 1. The molecule has 0 atom stereocenters. The van der Waals surface area contributed by atoms with Gasteiger partial charge in [0.1, 0.15) is 10.6 Å². The molecule has 0 unspecified atom stereocenters. The van der Waals surface area contributed by atoms with Crippen LogP contribution in [0.15, 0.2) is 28.9 Å². The Bertz CT molecular complexity index is 654. The molecule has 0 fully saturated rings. The molecule has 19 heavy (non-hydrogen) atoms. The number of aromatic nitrogens is 1. The lowest BCUT2D eigenvalue weighted by Crippen LogP contribution is -2.13. The zero-order chi connectivity index (χ0) is 14.0. The van der Waals surface area contributed by atoms with Gasteiger partial charge in [-0.1, -0.05) is 0 Å². The Kier molecular flexibility index (Phi) is 3.96. The maximum absolute atomic E-state index is 12.0. The normalized spacial score (nSPS) is 10.2. The van der Waals surface area contributed by atoms with Crippen molar-refractivity contribution in [3.05, 3.63) is 45.0 Å². The number of hydrogen-bond acceptors (Lipinski definition) is 4. The van der Waals surface area contributed by atoms with E-state index in [-0.39, 0.29) is 16.5 Å². The van der Waals surface area contributed by atoms with Gasteiger partial charge in [-0.05, 0) is 46.6 Å². The van der Waals surface area contributed by atoms with Crippen LogP contribution in [0.4, 0.5) is 5.00 Å². The van der Waals surface area contributed by atoms with Crippen molar-refractivity contribution in [2.75, 3.05) is 5.32 Å². The molecular weight excluding hydrogens is 332 g/mol. The first-order chi connectivity index (χ1) is 8.99. The summed E-state index contributed by atoms with van der Waals surface area (Å²) in [6.45, 7) is 1.69. The van der Waals surface area contributed by atoms with E-state index in [1.165, 1.54) is 6.20 Å². The minimum Gasteiger partial charge on any atom is -0.477 e. The summed E-state index contributed by atoms with van der Waals surface area (Å²) in [4.78, 5) is 27.1. The van der Waals surface area contributed by atoms with Gasteiger partial charge in [0.05, 0.1) is 5.00 Å². The molecule has 0 aromatic carbocycles. The first-order valence-corrected chi connectivity index (χ1v) is 6.85. The maximum Gasteiger partial charge on any atom is 0.346 e. The lowest BCUT2D eigenvalue weighted by molar-refractivity contribution is 0.0701. The molecule has 2 aromatic heterocycles. The lowest BCUT2D eigenvalue weighted by Gasteiger charge is -2.03. The summed E-state index contributed by atoms with van der Waals surface area (Å²) in [6, 6.07) is 5.05. The Morgan fingerprint density at radius 1 is 1.47 bits per heavy atom. The van der Waals surface area contributed by atoms with E-state index >= 15 is 0 Å². The number of nitrogens with one attached hydrogen (secondary N) is 1. The van der Waals surface area contributed by atoms with Crippen molar-refractivity contribution >= 4 is 44.1 Å². The quantitative estimate of drug-likeness (QED) is 0.899. The summed E-state index contributed by atoms with van der Waals surface area (Å²) < 4.78 is 0.583. The molecule has 0 aliphatic rings. The number of carboxylic acids is 1. The minimum atomic E-state index is -0.998. The predicted octanol–water partition coefficient (Wildman–Crippen LogP) is 3.16. The molecule has 98 valence electrons. The summed E-state index contributed by atoms with van der Waals surface area (Å²) in [7, 11) is 0. The highest BCUT2D eigenvalue weighted by molar-refractivity contribution is 9.10. The van der Waals surface area contributed by atoms with Gasteiger partial charge in [0.15, 0.2) is 0 Å². The number of thiophene rings is 1. The molecule has 2 rings (SSSR count). The van der Waals surface area contributed by atoms with Gasteiger partial charge in [-0.15, -0.1) is 11.3 Å². The molecule has 0 saturated heterocycles. The van der Waals surface area contributed by atoms with E-state index < -0.39 is 5.97 Å². The third-order valence-corrected chi connectivity index (χ3v) is 4.10. The molecule has 2 aromatic rings. The number of aryl methyl sites for hydroxylation is 1. The van der Waals surface area contributed by atoms with Crippen molar-refractivity contribution in [3.63, 3.8) is 0 Å². The molecule has 0 aliphatic carbocycles. The average molecular weight is 341 g/mol. The van der Waals surface area contributed by atoms with Crippen LogP contribution in [-0.4, -0.2) is 22.0 Å². The standard InChI is InChI=1S/C12H9BrN2O3S/c1-6-5-8(19-10(6)12(17)18)15-11(16)9-7(13)3-2-4-14-9/h2-5H,1H3,(H,15,16)(H,17,18). The molecule has 0 bridgehead atoms. The second-order valence-electron chi connectivity index (χ2n) is 3.72. The Hall–Kier alpha value is -1.73. The van der Waals surface area contributed by atoms with Gasteiger partial charge in [0.25, 0.3) is 5.91 Å². The van der Waals surface area contributed by atoms with Crippen LogP contribution >= 0.6 is 27.3 Å². The summed E-state index contributed by atoms with van der Waals surface area (Å²) >= 11 is 4.26. The van der Waals surface area contributed by atoms with Crippen LogP contribution in [0, 0.1) is 6.92 Å². The van der Waals surface area contributed by atoms with Gasteiger partial charge in [0, 0.05) is 10.7 Å². The summed E-state index contributed by atoms with van der Waals surface area (Å²) in [5.74, 6) is -1.38. The van der Waals surface area contributed by atoms with E-state index in [4.69, 9.17) is 5.11 Å². The molecule has 1 amide bonds. The van der Waals surface area contributed by atoms with Crippen molar-refractivity contribution in [2.24, 2.45) is 0 Å². The van der Waals surface area contributed by atoms with Crippen LogP contribution in [0.25, 0.3) is 0 Å². The van der Waals surface area contributed by atoms with Crippen LogP contribution < -0.4 is 5.32 Å². The van der Waals surface area contributed by atoms with E-state index in [0.717, 1.165) is 11.3 Å². The number of rotatable bonds is 3. The van der Waals surface area contributed by atoms with Crippen molar-refractivity contribution in [1.82, 2.24) is 4.98 Å². The van der Waals surface area contributed by atoms with Crippen LogP contribution in [-0.2, 0) is 0 Å². The van der Waals surface area contributed by atoms with Gasteiger partial charge < -0.3 is 10.4 Å². The highest BCUT2D eigenvalue weighted by Crippen LogP contribution is 2.27. The fourth-order valence-corrected chi connectivity index (χ4v) is 2.82. The van der Waals surface area contributed by atoms with E-state index in [1.54, 1.807) is 25.1 Å². The van der Waals surface area contributed by atoms with Gasteiger partial charge in [0.2, 0.25) is 0 Å². The van der Waals surface area contributed by atoms with E-state index in [1.807, 2.05) is 0 Å². The third-order valence-electron chi connectivity index (χ3n) is 2.32. The average Bonchev–Trinajstić information content (AvgIpc) is 2.70. The Morgan fingerprint density at radius 2 is 2.21 bits per heavy atom. The van der Waals surface area contributed by atoms with Crippen molar-refractivity contribution in [2.45, 2.75) is 6.92 Å². The first kappa shape index (κ1) is 13.7. The number of anilines is 1. The number of carbonyl (C=O) groups is 2. The third kappa shape index (κ3) is 2.99. The molecule has 0 aliphatic heterocycles. The van der Waals surface area contributed by atoms with Crippen LogP contribution in [0.1, 0.15) is 25.7 Å². The SMILES string of the molecule is Cc1cc(NC(=O)c2ncccc2Br)sc1C(=O)O. The molecule has 2 heterocycles. The maximum atomic E-state index is 12.0. The van der Waals surface area contributed by atoms with E-state index in [0.29, 0.717) is 15.0 Å². The number of halogens is 1. The van der Waals surface area contributed by atoms with Gasteiger partial charge in [-0.25, -0.2) is 9.78 Å². The molecule has 2 N–H and O–H groups in total. The van der Waals surface area contributed by atoms with Crippen molar-refractivity contribution in [1.29, 1.82) is 0 Å². The Morgan fingerprint density at radius 3 is 2.79 bits per heavy atom. The number of carboxylic acid groups (broad SMARTS) is 1. The van der Waals surface area contributed by atoms with Crippen molar-refractivity contribution in [3.8, 4) is 0 Å². The Labute approximate surface area is 121 Å². The minimum absolute atomic E-state index is 0.218. The fraction of sp³-hybridized carbons (Fsp3) is 0.0833. The summed E-state index contributed by atoms with van der Waals surface area (Å²) in [5, 5.41) is 12.1. The monoisotopic (exact) mass is 340 g/mol. The highest BCUT2D eigenvalue weighted by atomic mass is 79.9. The second-order valence-corrected chi connectivity index (χ2v) is 5.62.